The Hall–Kier alpha value is -2.32. The van der Waals surface area contributed by atoms with Gasteiger partial charge in [-0.3, -0.25) is 0 Å². The third kappa shape index (κ3) is 5.23. The number of carbonyl (C=O) groups excluding carboxylic acids is 2. The minimum atomic E-state index is -0.736. The first-order valence-corrected chi connectivity index (χ1v) is 5.57. The van der Waals surface area contributed by atoms with E-state index in [1.165, 1.54) is 0 Å². The average molecular weight is 272 g/mol. The molecule has 0 saturated carbocycles. The van der Waals surface area contributed by atoms with E-state index < -0.39 is 17.7 Å². The molecule has 2 N–H and O–H groups in total. The highest BCUT2D eigenvalue weighted by molar-refractivity contribution is 5.84. The second-order valence-corrected chi connectivity index (χ2v) is 4.38. The molecule has 0 aliphatic heterocycles. The lowest BCUT2D eigenvalue weighted by Gasteiger charge is -2.19. The predicted molar refractivity (Wildman–Crippen MR) is 63.2 cm³/mol. The first-order chi connectivity index (χ1) is 8.81. The number of nitrogens with one attached hydrogen (secondary N) is 2. The summed E-state index contributed by atoms with van der Waals surface area (Å²) in [5, 5.41) is 6.93. The highest BCUT2D eigenvalue weighted by Gasteiger charge is 2.18. The Morgan fingerprint density at radius 1 is 1.32 bits per heavy atom. The number of ether oxygens (including phenoxy) is 2. The molecule has 0 spiro atoms. The van der Waals surface area contributed by atoms with Crippen LogP contribution in [0.3, 0.4) is 0 Å². The SMILES string of the molecule is CCOC(=O)c1nnc(NNC(=O)OC(C)(C)C)o1. The molecule has 1 aromatic rings. The summed E-state index contributed by atoms with van der Waals surface area (Å²) in [5.74, 6) is -1.05. The van der Waals surface area contributed by atoms with Gasteiger partial charge in [0.25, 0.3) is 0 Å². The zero-order valence-corrected chi connectivity index (χ0v) is 11.1. The molecule has 0 aliphatic rings. The lowest BCUT2D eigenvalue weighted by Crippen LogP contribution is -2.35. The van der Waals surface area contributed by atoms with Gasteiger partial charge in [-0.15, -0.1) is 0 Å². The van der Waals surface area contributed by atoms with Crippen LogP contribution in [-0.4, -0.2) is 34.5 Å². The maximum Gasteiger partial charge on any atom is 0.426 e. The van der Waals surface area contributed by atoms with Crippen molar-refractivity contribution in [3.63, 3.8) is 0 Å². The summed E-state index contributed by atoms with van der Waals surface area (Å²) in [6, 6.07) is -0.158. The van der Waals surface area contributed by atoms with Gasteiger partial charge in [0.2, 0.25) is 0 Å². The van der Waals surface area contributed by atoms with Crippen LogP contribution < -0.4 is 10.9 Å². The summed E-state index contributed by atoms with van der Waals surface area (Å²) in [5.41, 5.74) is 3.86. The standard InChI is InChI=1S/C10H16N4O5/c1-5-17-7(15)6-11-12-8(18-6)13-14-9(16)19-10(2,3)4/h5H2,1-4H3,(H,12,13)(H,14,16). The van der Waals surface area contributed by atoms with E-state index in [1.807, 2.05) is 0 Å². The number of nitrogens with zero attached hydrogens (tertiary/aromatic N) is 2. The van der Waals surface area contributed by atoms with Crippen LogP contribution in [-0.2, 0) is 9.47 Å². The molecule has 0 saturated heterocycles. The second kappa shape index (κ2) is 6.03. The smallest absolute Gasteiger partial charge is 0.426 e. The number of esters is 1. The van der Waals surface area contributed by atoms with E-state index in [0.29, 0.717) is 0 Å². The molecule has 1 rings (SSSR count). The molecule has 0 aliphatic carbocycles. The van der Waals surface area contributed by atoms with Crippen LogP contribution in [0.15, 0.2) is 4.42 Å². The van der Waals surface area contributed by atoms with Crippen molar-refractivity contribution in [3.05, 3.63) is 5.89 Å². The molecular weight excluding hydrogens is 256 g/mol. The minimum absolute atomic E-state index is 0.158. The van der Waals surface area contributed by atoms with E-state index in [2.05, 4.69) is 25.8 Å². The van der Waals surface area contributed by atoms with Crippen molar-refractivity contribution >= 4 is 18.1 Å². The Morgan fingerprint density at radius 3 is 2.58 bits per heavy atom. The van der Waals surface area contributed by atoms with Gasteiger partial charge in [0.1, 0.15) is 5.60 Å². The van der Waals surface area contributed by atoms with Gasteiger partial charge in [-0.2, -0.15) is 0 Å². The van der Waals surface area contributed by atoms with Gasteiger partial charge in [-0.05, 0) is 27.7 Å². The Morgan fingerprint density at radius 2 is 2.00 bits per heavy atom. The number of anilines is 1. The van der Waals surface area contributed by atoms with Crippen LogP contribution in [0.25, 0.3) is 0 Å². The zero-order valence-electron chi connectivity index (χ0n) is 11.1. The maximum absolute atomic E-state index is 11.3. The van der Waals surface area contributed by atoms with Crippen LogP contribution in [0, 0.1) is 0 Å². The van der Waals surface area contributed by atoms with Gasteiger partial charge in [0.15, 0.2) is 0 Å². The Kier molecular flexibility index (Phi) is 4.67. The first kappa shape index (κ1) is 14.7. The van der Waals surface area contributed by atoms with Gasteiger partial charge >= 0.3 is 24.0 Å². The quantitative estimate of drug-likeness (QED) is 0.618. The van der Waals surface area contributed by atoms with Crippen molar-refractivity contribution < 1.29 is 23.5 Å². The fraction of sp³-hybridized carbons (Fsp3) is 0.600. The molecule has 9 heteroatoms. The Bertz CT molecular complexity index is 451. The van der Waals surface area contributed by atoms with Gasteiger partial charge in [-0.1, -0.05) is 10.2 Å². The molecule has 1 heterocycles. The minimum Gasteiger partial charge on any atom is -0.459 e. The Labute approximate surface area is 109 Å². The van der Waals surface area contributed by atoms with Gasteiger partial charge in [-0.25, -0.2) is 20.4 Å². The fourth-order valence-electron chi connectivity index (χ4n) is 0.957. The summed E-state index contributed by atoms with van der Waals surface area (Å²) in [4.78, 5) is 22.5. The van der Waals surface area contributed by atoms with E-state index in [4.69, 9.17) is 9.15 Å². The van der Waals surface area contributed by atoms with Gasteiger partial charge in [0, 0.05) is 0 Å². The highest BCUT2D eigenvalue weighted by Crippen LogP contribution is 2.08. The zero-order chi connectivity index (χ0) is 14.5. The van der Waals surface area contributed by atoms with Crippen molar-refractivity contribution in [3.8, 4) is 0 Å². The number of hydrogen-bond acceptors (Lipinski definition) is 8. The van der Waals surface area contributed by atoms with E-state index in [0.717, 1.165) is 0 Å². The third-order valence-corrected chi connectivity index (χ3v) is 1.55. The fourth-order valence-corrected chi connectivity index (χ4v) is 0.957. The topological polar surface area (TPSA) is 116 Å². The largest absolute Gasteiger partial charge is 0.459 e. The molecule has 0 atom stereocenters. The summed E-state index contributed by atoms with van der Waals surface area (Å²) in [6.45, 7) is 7.01. The summed E-state index contributed by atoms with van der Waals surface area (Å²) < 4.78 is 14.5. The van der Waals surface area contributed by atoms with Crippen LogP contribution in [0.4, 0.5) is 10.8 Å². The summed E-state index contributed by atoms with van der Waals surface area (Å²) in [7, 11) is 0. The second-order valence-electron chi connectivity index (χ2n) is 4.38. The first-order valence-electron chi connectivity index (χ1n) is 5.57. The molecule has 1 aromatic heterocycles. The van der Waals surface area contributed by atoms with Crippen LogP contribution >= 0.6 is 0 Å². The maximum atomic E-state index is 11.3. The average Bonchev–Trinajstić information content (AvgIpc) is 2.73. The monoisotopic (exact) mass is 272 g/mol. The molecule has 0 unspecified atom stereocenters. The molecule has 9 nitrogen and oxygen atoms in total. The van der Waals surface area contributed by atoms with Crippen LogP contribution in [0.5, 0.6) is 0 Å². The molecule has 0 aromatic carbocycles. The number of hydrogen-bond donors (Lipinski definition) is 2. The molecular formula is C10H16N4O5. The highest BCUT2D eigenvalue weighted by atomic mass is 16.6. The van der Waals surface area contributed by atoms with Crippen molar-refractivity contribution in [1.29, 1.82) is 0 Å². The van der Waals surface area contributed by atoms with Crippen LogP contribution in [0.1, 0.15) is 38.4 Å². The summed E-state index contributed by atoms with van der Waals surface area (Å²) >= 11 is 0. The van der Waals surface area contributed by atoms with Crippen LogP contribution in [0.2, 0.25) is 0 Å². The van der Waals surface area contributed by atoms with Gasteiger partial charge in [0.05, 0.1) is 6.61 Å². The third-order valence-electron chi connectivity index (χ3n) is 1.55. The number of rotatable bonds is 4. The van der Waals surface area contributed by atoms with E-state index in [1.54, 1.807) is 27.7 Å². The lowest BCUT2D eigenvalue weighted by atomic mass is 10.2. The van der Waals surface area contributed by atoms with E-state index in [-0.39, 0.29) is 18.5 Å². The Balaban J connectivity index is 2.46. The number of hydrazine groups is 1. The number of aromatic nitrogens is 2. The van der Waals surface area contributed by atoms with Crippen molar-refractivity contribution in [2.24, 2.45) is 0 Å². The molecule has 0 fully saturated rings. The van der Waals surface area contributed by atoms with Crippen molar-refractivity contribution in [2.45, 2.75) is 33.3 Å². The molecule has 0 bridgehead atoms. The van der Waals surface area contributed by atoms with Gasteiger partial charge < -0.3 is 13.9 Å². The molecule has 19 heavy (non-hydrogen) atoms. The normalized spacial score (nSPS) is 10.7. The lowest BCUT2D eigenvalue weighted by molar-refractivity contribution is 0.0481. The molecule has 1 amide bonds. The predicted octanol–water partition coefficient (Wildman–Crippen LogP) is 1.10. The number of amides is 1. The van der Waals surface area contributed by atoms with Crippen molar-refractivity contribution in [2.75, 3.05) is 12.0 Å². The van der Waals surface area contributed by atoms with Crippen molar-refractivity contribution in [1.82, 2.24) is 15.6 Å². The van der Waals surface area contributed by atoms with E-state index in [9.17, 15) is 9.59 Å². The van der Waals surface area contributed by atoms with E-state index >= 15 is 0 Å². The summed E-state index contributed by atoms with van der Waals surface area (Å²) in [6.07, 6.45) is -0.719. The molecule has 0 radical (unpaired) electrons. The molecule has 106 valence electrons. The number of carbonyl (C=O) groups is 2.